The molecule has 3 rings (SSSR count). The molecule has 23 heavy (non-hydrogen) atoms. The summed E-state index contributed by atoms with van der Waals surface area (Å²) in [4.78, 5) is 17.1. The summed E-state index contributed by atoms with van der Waals surface area (Å²) in [5.41, 5.74) is 4.08. The third-order valence-electron chi connectivity index (χ3n) is 5.16. The molecule has 1 saturated heterocycles. The first-order valence-corrected chi connectivity index (χ1v) is 8.35. The Hall–Kier alpha value is -1.81. The lowest BCUT2D eigenvalue weighted by Crippen LogP contribution is -2.44. The summed E-state index contributed by atoms with van der Waals surface area (Å²) in [6.45, 7) is 7.70. The number of carbonyl (C=O) groups is 1. The van der Waals surface area contributed by atoms with E-state index in [9.17, 15) is 4.79 Å². The van der Waals surface area contributed by atoms with Gasteiger partial charge in [-0.15, -0.1) is 0 Å². The Labute approximate surface area is 138 Å². The van der Waals surface area contributed by atoms with Crippen LogP contribution in [0.15, 0.2) is 16.5 Å². The zero-order valence-corrected chi connectivity index (χ0v) is 14.8. The number of hydrogen-bond acceptors (Lipinski definition) is 3. The zero-order valence-electron chi connectivity index (χ0n) is 14.8. The van der Waals surface area contributed by atoms with Crippen molar-refractivity contribution in [3.8, 4) is 0 Å². The average Bonchev–Trinajstić information content (AvgIpc) is 2.89. The lowest BCUT2D eigenvalue weighted by atomic mass is 10.0. The Morgan fingerprint density at radius 1 is 1.13 bits per heavy atom. The number of amides is 1. The number of nitrogens with zero attached hydrogens (tertiary/aromatic N) is 2. The molecule has 0 bridgehead atoms. The summed E-state index contributed by atoms with van der Waals surface area (Å²) in [6, 6.07) is 4.72. The van der Waals surface area contributed by atoms with Gasteiger partial charge >= 0.3 is 0 Å². The molecule has 0 aliphatic carbocycles. The van der Waals surface area contributed by atoms with Crippen molar-refractivity contribution in [2.24, 2.45) is 0 Å². The predicted octanol–water partition coefficient (Wildman–Crippen LogP) is 3.52. The Balaban J connectivity index is 1.89. The van der Waals surface area contributed by atoms with Crippen molar-refractivity contribution in [1.82, 2.24) is 9.80 Å². The van der Waals surface area contributed by atoms with Crippen molar-refractivity contribution in [2.75, 3.05) is 27.2 Å². The largest absolute Gasteiger partial charge is 0.450 e. The van der Waals surface area contributed by atoms with Crippen molar-refractivity contribution in [3.63, 3.8) is 0 Å². The summed E-state index contributed by atoms with van der Waals surface area (Å²) in [6.07, 6.45) is 2.05. The number of rotatable bonds is 2. The summed E-state index contributed by atoms with van der Waals surface area (Å²) in [5.74, 6) is 0.551. The van der Waals surface area contributed by atoms with Gasteiger partial charge in [-0.3, -0.25) is 4.79 Å². The highest BCUT2D eigenvalue weighted by Gasteiger charge is 2.28. The number of likely N-dealkylation sites (tertiary alicyclic amines) is 1. The molecule has 0 N–H and O–H groups in total. The third kappa shape index (κ3) is 2.76. The van der Waals surface area contributed by atoms with Crippen LogP contribution < -0.4 is 0 Å². The first-order valence-electron chi connectivity index (χ1n) is 8.35. The lowest BCUT2D eigenvalue weighted by Gasteiger charge is -2.34. The van der Waals surface area contributed by atoms with Gasteiger partial charge in [-0.25, -0.2) is 0 Å². The van der Waals surface area contributed by atoms with E-state index in [0.29, 0.717) is 11.8 Å². The maximum absolute atomic E-state index is 12.9. The third-order valence-corrected chi connectivity index (χ3v) is 5.16. The van der Waals surface area contributed by atoms with E-state index in [4.69, 9.17) is 4.42 Å². The summed E-state index contributed by atoms with van der Waals surface area (Å²) in [7, 11) is 4.22. The molecule has 4 nitrogen and oxygen atoms in total. The molecule has 2 heterocycles. The summed E-state index contributed by atoms with van der Waals surface area (Å²) in [5, 5.41) is 1.09. The fourth-order valence-electron chi connectivity index (χ4n) is 3.61. The van der Waals surface area contributed by atoms with Crippen molar-refractivity contribution < 1.29 is 9.21 Å². The molecule has 0 atom stereocenters. The van der Waals surface area contributed by atoms with E-state index in [1.807, 2.05) is 18.7 Å². The molecule has 2 aromatic rings. The quantitative estimate of drug-likeness (QED) is 0.851. The number of carbonyl (C=O) groups excluding carboxylic acids is 1. The van der Waals surface area contributed by atoms with Crippen LogP contribution in [0.1, 0.15) is 40.1 Å². The first-order chi connectivity index (χ1) is 10.9. The molecule has 1 fully saturated rings. The molecule has 1 amide bonds. The Kier molecular flexibility index (Phi) is 4.19. The molecule has 0 saturated carbocycles. The Bertz CT molecular complexity index is 737. The maximum Gasteiger partial charge on any atom is 0.289 e. The average molecular weight is 314 g/mol. The molecule has 1 aliphatic heterocycles. The maximum atomic E-state index is 12.9. The number of benzene rings is 1. The number of piperidine rings is 1. The van der Waals surface area contributed by atoms with E-state index in [2.05, 4.69) is 38.1 Å². The van der Waals surface area contributed by atoms with Crippen LogP contribution in [0.3, 0.4) is 0 Å². The summed E-state index contributed by atoms with van der Waals surface area (Å²) >= 11 is 0. The van der Waals surface area contributed by atoms with Gasteiger partial charge in [0.1, 0.15) is 5.58 Å². The fraction of sp³-hybridized carbons (Fsp3) is 0.526. The van der Waals surface area contributed by atoms with Gasteiger partial charge in [-0.05, 0) is 58.8 Å². The molecule has 0 spiro atoms. The van der Waals surface area contributed by atoms with Crippen LogP contribution in [-0.4, -0.2) is 48.9 Å². The van der Waals surface area contributed by atoms with Gasteiger partial charge in [0, 0.05) is 30.1 Å². The van der Waals surface area contributed by atoms with Gasteiger partial charge in [0.15, 0.2) is 5.76 Å². The normalized spacial score (nSPS) is 16.5. The zero-order chi connectivity index (χ0) is 16.7. The van der Waals surface area contributed by atoms with Crippen LogP contribution in [0, 0.1) is 20.8 Å². The Morgan fingerprint density at radius 3 is 2.30 bits per heavy atom. The van der Waals surface area contributed by atoms with E-state index < -0.39 is 0 Å². The van der Waals surface area contributed by atoms with E-state index in [1.54, 1.807) is 0 Å². The van der Waals surface area contributed by atoms with Gasteiger partial charge in [0.25, 0.3) is 5.91 Å². The molecule has 4 heteroatoms. The van der Waals surface area contributed by atoms with Crippen LogP contribution in [0.2, 0.25) is 0 Å². The van der Waals surface area contributed by atoms with Crippen molar-refractivity contribution in [1.29, 1.82) is 0 Å². The van der Waals surface area contributed by atoms with Crippen LogP contribution in [0.25, 0.3) is 11.0 Å². The number of hydrogen-bond donors (Lipinski definition) is 0. The van der Waals surface area contributed by atoms with Crippen LogP contribution in [0.4, 0.5) is 0 Å². The summed E-state index contributed by atoms with van der Waals surface area (Å²) < 4.78 is 6.00. The van der Waals surface area contributed by atoms with Gasteiger partial charge in [0.05, 0.1) is 0 Å². The molecule has 1 aliphatic rings. The standard InChI is InChI=1S/C19H26N2O2/c1-12-6-7-13(2)17-16(12)14(3)18(23-17)19(22)21-10-8-15(9-11-21)20(4)5/h6-7,15H,8-11H2,1-5H3. The van der Waals surface area contributed by atoms with Crippen LogP contribution in [-0.2, 0) is 0 Å². The molecular formula is C19H26N2O2. The highest BCUT2D eigenvalue weighted by molar-refractivity contribution is 6.00. The first kappa shape index (κ1) is 16.1. The number of furan rings is 1. The minimum atomic E-state index is 0.0368. The van der Waals surface area contributed by atoms with Crippen LogP contribution in [0.5, 0.6) is 0 Å². The second-order valence-corrected chi connectivity index (χ2v) is 6.95. The van der Waals surface area contributed by atoms with Crippen molar-refractivity contribution in [3.05, 3.63) is 34.6 Å². The minimum absolute atomic E-state index is 0.0368. The second-order valence-electron chi connectivity index (χ2n) is 6.95. The van der Waals surface area contributed by atoms with Gasteiger partial charge < -0.3 is 14.2 Å². The topological polar surface area (TPSA) is 36.7 Å². The molecule has 0 radical (unpaired) electrons. The van der Waals surface area contributed by atoms with E-state index in [0.717, 1.165) is 53.6 Å². The smallest absolute Gasteiger partial charge is 0.289 e. The molecular weight excluding hydrogens is 288 g/mol. The van der Waals surface area contributed by atoms with Gasteiger partial charge in [0.2, 0.25) is 0 Å². The molecule has 1 aromatic heterocycles. The van der Waals surface area contributed by atoms with Gasteiger partial charge in [-0.2, -0.15) is 0 Å². The van der Waals surface area contributed by atoms with Gasteiger partial charge in [-0.1, -0.05) is 12.1 Å². The SMILES string of the molecule is Cc1ccc(C)c2c(C)c(C(=O)N3CCC(N(C)C)CC3)oc12. The van der Waals surface area contributed by atoms with Crippen molar-refractivity contribution in [2.45, 2.75) is 39.7 Å². The van der Waals surface area contributed by atoms with Crippen molar-refractivity contribution >= 4 is 16.9 Å². The number of aryl methyl sites for hydroxylation is 3. The van der Waals surface area contributed by atoms with E-state index >= 15 is 0 Å². The molecule has 1 aromatic carbocycles. The number of fused-ring (bicyclic) bond motifs is 1. The Morgan fingerprint density at radius 2 is 1.74 bits per heavy atom. The second kappa shape index (κ2) is 6.00. The van der Waals surface area contributed by atoms with E-state index in [1.165, 1.54) is 0 Å². The monoisotopic (exact) mass is 314 g/mol. The fourth-order valence-corrected chi connectivity index (χ4v) is 3.61. The minimum Gasteiger partial charge on any atom is -0.450 e. The molecule has 124 valence electrons. The highest BCUT2D eigenvalue weighted by atomic mass is 16.3. The highest BCUT2D eigenvalue weighted by Crippen LogP contribution is 2.31. The van der Waals surface area contributed by atoms with E-state index in [-0.39, 0.29) is 5.91 Å². The predicted molar refractivity (Wildman–Crippen MR) is 93.0 cm³/mol. The van der Waals surface area contributed by atoms with Crippen LogP contribution >= 0.6 is 0 Å². The molecule has 0 unspecified atom stereocenters. The lowest BCUT2D eigenvalue weighted by molar-refractivity contribution is 0.0633.